The van der Waals surface area contributed by atoms with Crippen LogP contribution in [-0.4, -0.2) is 4.98 Å². The first-order chi connectivity index (χ1) is 12.4. The largest absolute Gasteiger partial charge is 0.361 e. The van der Waals surface area contributed by atoms with Crippen LogP contribution < -0.4 is 0 Å². The third-order valence-corrected chi connectivity index (χ3v) is 5.25. The Bertz CT molecular complexity index is 1070. The monoisotopic (exact) mass is 321 g/mol. The van der Waals surface area contributed by atoms with E-state index in [0.717, 1.165) is 6.42 Å². The average Bonchev–Trinajstić information content (AvgIpc) is 3.29. The van der Waals surface area contributed by atoms with Crippen molar-refractivity contribution in [1.29, 1.82) is 0 Å². The van der Waals surface area contributed by atoms with Gasteiger partial charge in [-0.1, -0.05) is 78.9 Å². The molecule has 0 radical (unpaired) electrons. The third-order valence-electron chi connectivity index (χ3n) is 5.25. The van der Waals surface area contributed by atoms with E-state index in [9.17, 15) is 0 Å². The van der Waals surface area contributed by atoms with E-state index < -0.39 is 0 Å². The molecule has 0 aliphatic heterocycles. The van der Waals surface area contributed by atoms with Gasteiger partial charge in [-0.3, -0.25) is 0 Å². The summed E-state index contributed by atoms with van der Waals surface area (Å²) in [5.74, 6) is 0.251. The summed E-state index contributed by atoms with van der Waals surface area (Å²) in [6.45, 7) is 0. The Labute approximate surface area is 147 Å². The van der Waals surface area contributed by atoms with Crippen molar-refractivity contribution in [2.24, 2.45) is 0 Å². The zero-order chi connectivity index (χ0) is 16.6. The summed E-state index contributed by atoms with van der Waals surface area (Å²) >= 11 is 0. The first-order valence-corrected chi connectivity index (χ1v) is 8.81. The fourth-order valence-electron chi connectivity index (χ4n) is 4.09. The van der Waals surface area contributed by atoms with Gasteiger partial charge < -0.3 is 4.98 Å². The van der Waals surface area contributed by atoms with Gasteiger partial charge in [0.05, 0.1) is 0 Å². The molecule has 120 valence electrons. The number of aromatic nitrogens is 1. The van der Waals surface area contributed by atoms with Crippen molar-refractivity contribution in [3.63, 3.8) is 0 Å². The normalized spacial score (nSPS) is 14.3. The number of fused-ring (bicyclic) bond motifs is 2. The van der Waals surface area contributed by atoms with Gasteiger partial charge in [-0.05, 0) is 40.3 Å². The molecule has 1 aliphatic carbocycles. The highest BCUT2D eigenvalue weighted by Gasteiger charge is 2.26. The first-order valence-electron chi connectivity index (χ1n) is 8.81. The number of nitrogens with one attached hydrogen (secondary N) is 1. The van der Waals surface area contributed by atoms with Crippen LogP contribution in [0.4, 0.5) is 0 Å². The molecule has 0 saturated heterocycles. The van der Waals surface area contributed by atoms with Gasteiger partial charge in [0, 0.05) is 23.0 Å². The Morgan fingerprint density at radius 1 is 0.760 bits per heavy atom. The van der Waals surface area contributed by atoms with Crippen LogP contribution in [-0.2, 0) is 6.42 Å². The Hall–Kier alpha value is -3.06. The lowest BCUT2D eigenvalue weighted by molar-refractivity contribution is 1.06. The smallest absolute Gasteiger partial charge is 0.0457 e. The van der Waals surface area contributed by atoms with Crippen molar-refractivity contribution in [3.8, 4) is 0 Å². The molecule has 3 aromatic carbocycles. The van der Waals surface area contributed by atoms with E-state index in [1.807, 2.05) is 0 Å². The molecule has 0 fully saturated rings. The highest BCUT2D eigenvalue weighted by atomic mass is 14.7. The molecule has 1 heteroatoms. The van der Waals surface area contributed by atoms with Crippen LogP contribution in [0.5, 0.6) is 0 Å². The molecule has 0 amide bonds. The maximum Gasteiger partial charge on any atom is 0.0457 e. The van der Waals surface area contributed by atoms with E-state index in [2.05, 4.69) is 96.1 Å². The zero-order valence-electron chi connectivity index (χ0n) is 13.9. The average molecular weight is 321 g/mol. The number of aromatic amines is 1. The molecule has 0 spiro atoms. The maximum absolute atomic E-state index is 3.46. The summed E-state index contributed by atoms with van der Waals surface area (Å²) in [5, 5.41) is 1.31. The Morgan fingerprint density at radius 2 is 1.52 bits per heavy atom. The first kappa shape index (κ1) is 14.3. The maximum atomic E-state index is 3.46. The molecule has 1 heterocycles. The molecule has 1 nitrogen and oxygen atoms in total. The molecule has 5 rings (SSSR count). The molecule has 0 saturated carbocycles. The van der Waals surface area contributed by atoms with Gasteiger partial charge in [-0.25, -0.2) is 0 Å². The molecule has 1 aromatic heterocycles. The second kappa shape index (κ2) is 5.78. The van der Waals surface area contributed by atoms with E-state index in [1.165, 1.54) is 38.7 Å². The van der Waals surface area contributed by atoms with Crippen molar-refractivity contribution in [2.45, 2.75) is 12.3 Å². The summed E-state index contributed by atoms with van der Waals surface area (Å²) in [5.41, 5.74) is 8.14. The highest BCUT2D eigenvalue weighted by molar-refractivity contribution is 5.89. The fourth-order valence-corrected chi connectivity index (χ4v) is 4.09. The minimum Gasteiger partial charge on any atom is -0.361 e. The minimum atomic E-state index is 0.251. The Balaban J connectivity index is 1.74. The molecule has 1 atom stereocenters. The van der Waals surface area contributed by atoms with Gasteiger partial charge in [0.1, 0.15) is 0 Å². The van der Waals surface area contributed by atoms with Crippen molar-refractivity contribution >= 4 is 16.5 Å². The van der Waals surface area contributed by atoms with Crippen molar-refractivity contribution in [2.75, 3.05) is 0 Å². The lowest BCUT2D eigenvalue weighted by Gasteiger charge is -2.20. The highest BCUT2D eigenvalue weighted by Crippen LogP contribution is 2.44. The second-order valence-corrected chi connectivity index (χ2v) is 6.65. The molecule has 1 N–H and O–H groups in total. The molecular formula is C24H19N. The zero-order valence-corrected chi connectivity index (χ0v) is 13.9. The van der Waals surface area contributed by atoms with Gasteiger partial charge >= 0.3 is 0 Å². The Morgan fingerprint density at radius 3 is 2.44 bits per heavy atom. The van der Waals surface area contributed by atoms with E-state index in [0.29, 0.717) is 0 Å². The van der Waals surface area contributed by atoms with Gasteiger partial charge in [0.15, 0.2) is 0 Å². The van der Waals surface area contributed by atoms with Crippen molar-refractivity contribution in [1.82, 2.24) is 4.98 Å². The van der Waals surface area contributed by atoms with Crippen LogP contribution in [0.25, 0.3) is 16.5 Å². The predicted molar refractivity (Wildman–Crippen MR) is 105 cm³/mol. The van der Waals surface area contributed by atoms with Crippen LogP contribution in [0.1, 0.15) is 28.2 Å². The van der Waals surface area contributed by atoms with Gasteiger partial charge in [0.25, 0.3) is 0 Å². The molecular weight excluding hydrogens is 302 g/mol. The summed E-state index contributed by atoms with van der Waals surface area (Å²) in [6.07, 6.45) is 5.62. The lowest BCUT2D eigenvalue weighted by atomic mass is 9.82. The van der Waals surface area contributed by atoms with E-state index in [-0.39, 0.29) is 5.92 Å². The predicted octanol–water partition coefficient (Wildman–Crippen LogP) is 5.94. The molecule has 4 aromatic rings. The van der Waals surface area contributed by atoms with E-state index in [1.54, 1.807) is 0 Å². The summed E-state index contributed by atoms with van der Waals surface area (Å²) in [4.78, 5) is 3.46. The van der Waals surface area contributed by atoms with Gasteiger partial charge in [-0.2, -0.15) is 0 Å². The van der Waals surface area contributed by atoms with Gasteiger partial charge in [-0.15, -0.1) is 0 Å². The molecule has 1 aliphatic rings. The number of rotatable bonds is 3. The number of benzene rings is 3. The van der Waals surface area contributed by atoms with E-state index in [4.69, 9.17) is 0 Å². The molecule has 1 unspecified atom stereocenters. The van der Waals surface area contributed by atoms with Crippen LogP contribution >= 0.6 is 0 Å². The molecule has 0 bridgehead atoms. The van der Waals surface area contributed by atoms with E-state index >= 15 is 0 Å². The SMILES string of the molecule is C1=C(C(c2ccccc2)c2c[nH]c3ccccc23)c2ccccc2C1. The van der Waals surface area contributed by atoms with Crippen LogP contribution in [0.15, 0.2) is 91.1 Å². The lowest BCUT2D eigenvalue weighted by Crippen LogP contribution is -2.03. The third kappa shape index (κ3) is 2.32. The van der Waals surface area contributed by atoms with Crippen LogP contribution in [0, 0.1) is 0 Å². The van der Waals surface area contributed by atoms with Crippen LogP contribution in [0.2, 0.25) is 0 Å². The quantitative estimate of drug-likeness (QED) is 0.480. The second-order valence-electron chi connectivity index (χ2n) is 6.65. The summed E-state index contributed by atoms with van der Waals surface area (Å²) in [7, 11) is 0. The fraction of sp³-hybridized carbons (Fsp3) is 0.0833. The summed E-state index contributed by atoms with van der Waals surface area (Å²) < 4.78 is 0. The standard InChI is InChI=1S/C24H19N/c1-2-9-18(10-3-1)24(21-15-14-17-8-4-5-11-19(17)21)22-16-25-23-13-7-6-12-20(22)23/h1-13,15-16,24-25H,14H2. The topological polar surface area (TPSA) is 15.8 Å². The van der Waals surface area contributed by atoms with Crippen molar-refractivity contribution < 1.29 is 0 Å². The molecule has 25 heavy (non-hydrogen) atoms. The number of hydrogen-bond acceptors (Lipinski definition) is 0. The number of hydrogen-bond donors (Lipinski definition) is 1. The van der Waals surface area contributed by atoms with Crippen LogP contribution in [0.3, 0.4) is 0 Å². The van der Waals surface area contributed by atoms with Gasteiger partial charge in [0.2, 0.25) is 0 Å². The number of H-pyrrole nitrogens is 1. The number of allylic oxidation sites excluding steroid dienone is 2. The summed E-state index contributed by atoms with van der Waals surface area (Å²) in [6, 6.07) is 28.2. The Kier molecular flexibility index (Phi) is 3.31. The number of para-hydroxylation sites is 1. The van der Waals surface area contributed by atoms with Crippen molar-refractivity contribution in [3.05, 3.63) is 113 Å². The minimum absolute atomic E-state index is 0.251.